The van der Waals surface area contributed by atoms with Crippen LogP contribution in [0.2, 0.25) is 0 Å². The molecule has 0 atom stereocenters. The summed E-state index contributed by atoms with van der Waals surface area (Å²) in [6, 6.07) is 5.28. The zero-order valence-electron chi connectivity index (χ0n) is 9.41. The minimum Gasteiger partial charge on any atom is -0.508 e. The summed E-state index contributed by atoms with van der Waals surface area (Å²) >= 11 is 1.29. The monoisotopic (exact) mass is 234 g/mol. The molecule has 0 fully saturated rings. The number of phenols is 1. The average Bonchev–Trinajstić information content (AvgIpc) is 2.22. The molecule has 0 bridgehead atoms. The molecule has 2 nitrogen and oxygen atoms in total. The van der Waals surface area contributed by atoms with E-state index in [0.717, 1.165) is 16.9 Å². The molecule has 0 aliphatic rings. The SMILES string of the molecule is CC(=O)SCCC#Cc1ccc(O)c(C)c1. The number of phenolic OH excluding ortho intramolecular Hbond substituents is 1. The van der Waals surface area contributed by atoms with E-state index in [1.165, 1.54) is 11.8 Å². The molecule has 0 aliphatic carbocycles. The Labute approximate surface area is 100 Å². The Bertz CT molecular complexity index is 441. The van der Waals surface area contributed by atoms with Crippen LogP contribution in [0.4, 0.5) is 0 Å². The van der Waals surface area contributed by atoms with Crippen LogP contribution < -0.4 is 0 Å². The molecule has 0 amide bonds. The van der Waals surface area contributed by atoms with Crippen LogP contribution in [-0.4, -0.2) is 16.0 Å². The number of aromatic hydroxyl groups is 1. The number of benzene rings is 1. The van der Waals surface area contributed by atoms with Gasteiger partial charge in [0, 0.05) is 24.7 Å². The standard InChI is InChI=1S/C13H14O2S/c1-10-9-12(6-7-13(10)15)5-3-4-8-16-11(2)14/h6-7,9,15H,4,8H2,1-2H3. The van der Waals surface area contributed by atoms with Gasteiger partial charge in [-0.1, -0.05) is 23.6 Å². The van der Waals surface area contributed by atoms with Gasteiger partial charge in [0.05, 0.1) is 0 Å². The van der Waals surface area contributed by atoms with Gasteiger partial charge in [-0.05, 0) is 30.7 Å². The molecule has 0 radical (unpaired) electrons. The molecule has 1 rings (SSSR count). The lowest BCUT2D eigenvalue weighted by atomic mass is 10.1. The fraction of sp³-hybridized carbons (Fsp3) is 0.308. The van der Waals surface area contributed by atoms with Crippen LogP contribution in [0.5, 0.6) is 5.75 Å². The highest BCUT2D eigenvalue weighted by atomic mass is 32.2. The number of thioether (sulfide) groups is 1. The molecule has 3 heteroatoms. The van der Waals surface area contributed by atoms with Gasteiger partial charge in [0.2, 0.25) is 0 Å². The minimum absolute atomic E-state index is 0.127. The third kappa shape index (κ3) is 4.41. The van der Waals surface area contributed by atoms with Crippen molar-refractivity contribution in [3.8, 4) is 17.6 Å². The summed E-state index contributed by atoms with van der Waals surface area (Å²) in [5.74, 6) is 7.02. The summed E-state index contributed by atoms with van der Waals surface area (Å²) in [5, 5.41) is 9.45. The van der Waals surface area contributed by atoms with E-state index in [1.54, 1.807) is 19.1 Å². The summed E-state index contributed by atoms with van der Waals surface area (Å²) in [4.78, 5) is 10.6. The van der Waals surface area contributed by atoms with Gasteiger partial charge in [0.25, 0.3) is 0 Å². The van der Waals surface area contributed by atoms with Crippen molar-refractivity contribution in [2.75, 3.05) is 5.75 Å². The molecule has 0 saturated carbocycles. The van der Waals surface area contributed by atoms with Crippen molar-refractivity contribution in [1.29, 1.82) is 0 Å². The maximum absolute atomic E-state index is 10.6. The van der Waals surface area contributed by atoms with Crippen LogP contribution >= 0.6 is 11.8 Å². The van der Waals surface area contributed by atoms with E-state index in [4.69, 9.17) is 0 Å². The van der Waals surface area contributed by atoms with Gasteiger partial charge in [-0.25, -0.2) is 0 Å². The third-order valence-electron chi connectivity index (χ3n) is 1.96. The summed E-state index contributed by atoms with van der Waals surface area (Å²) in [5.41, 5.74) is 1.72. The van der Waals surface area contributed by atoms with E-state index in [-0.39, 0.29) is 10.9 Å². The van der Waals surface area contributed by atoms with Crippen molar-refractivity contribution in [3.05, 3.63) is 29.3 Å². The third-order valence-corrected chi connectivity index (χ3v) is 2.78. The second-order valence-corrected chi connectivity index (χ2v) is 4.66. The van der Waals surface area contributed by atoms with E-state index in [1.807, 2.05) is 13.0 Å². The Balaban J connectivity index is 2.50. The van der Waals surface area contributed by atoms with Gasteiger partial charge in [-0.3, -0.25) is 4.79 Å². The highest BCUT2D eigenvalue weighted by Gasteiger charge is 1.95. The lowest BCUT2D eigenvalue weighted by molar-refractivity contribution is -0.109. The molecule has 0 spiro atoms. The molecule has 0 saturated heterocycles. The number of aryl methyl sites for hydroxylation is 1. The summed E-state index contributed by atoms with van der Waals surface area (Å²) in [6.07, 6.45) is 0.699. The van der Waals surface area contributed by atoms with Crippen LogP contribution in [0, 0.1) is 18.8 Å². The predicted molar refractivity (Wildman–Crippen MR) is 67.5 cm³/mol. The molecule has 1 aromatic rings. The Morgan fingerprint density at radius 1 is 1.50 bits per heavy atom. The van der Waals surface area contributed by atoms with Crippen molar-refractivity contribution in [2.45, 2.75) is 20.3 Å². The first-order valence-electron chi connectivity index (χ1n) is 5.01. The first-order chi connectivity index (χ1) is 7.59. The first kappa shape index (κ1) is 12.7. The van der Waals surface area contributed by atoms with Crippen LogP contribution in [0.25, 0.3) is 0 Å². The van der Waals surface area contributed by atoms with Crippen LogP contribution in [0.3, 0.4) is 0 Å². The zero-order valence-corrected chi connectivity index (χ0v) is 10.2. The Hall–Kier alpha value is -1.40. The molecule has 1 N–H and O–H groups in total. The number of rotatable bonds is 2. The molecule has 1 aromatic carbocycles. The Morgan fingerprint density at radius 3 is 2.88 bits per heavy atom. The van der Waals surface area contributed by atoms with E-state index in [9.17, 15) is 9.90 Å². The van der Waals surface area contributed by atoms with E-state index in [2.05, 4.69) is 11.8 Å². The molecule has 0 aliphatic heterocycles. The highest BCUT2D eigenvalue weighted by molar-refractivity contribution is 8.13. The fourth-order valence-corrected chi connectivity index (χ4v) is 1.64. The van der Waals surface area contributed by atoms with Crippen molar-refractivity contribution in [3.63, 3.8) is 0 Å². The summed E-state index contributed by atoms with van der Waals surface area (Å²) in [6.45, 7) is 3.40. The molecule has 16 heavy (non-hydrogen) atoms. The second kappa shape index (κ2) is 6.24. The first-order valence-corrected chi connectivity index (χ1v) is 6.00. The lowest BCUT2D eigenvalue weighted by Gasteiger charge is -1.97. The molecular formula is C13H14O2S. The Kier molecular flexibility index (Phi) is 4.94. The smallest absolute Gasteiger partial charge is 0.185 e. The highest BCUT2D eigenvalue weighted by Crippen LogP contribution is 2.16. The van der Waals surface area contributed by atoms with Crippen molar-refractivity contribution < 1.29 is 9.90 Å². The van der Waals surface area contributed by atoms with Crippen LogP contribution in [0.1, 0.15) is 24.5 Å². The fourth-order valence-electron chi connectivity index (χ4n) is 1.14. The van der Waals surface area contributed by atoms with E-state index < -0.39 is 0 Å². The minimum atomic E-state index is 0.127. The molecular weight excluding hydrogens is 220 g/mol. The largest absolute Gasteiger partial charge is 0.508 e. The van der Waals surface area contributed by atoms with Crippen molar-refractivity contribution in [2.24, 2.45) is 0 Å². The summed E-state index contributed by atoms with van der Waals surface area (Å²) in [7, 11) is 0. The zero-order chi connectivity index (χ0) is 12.0. The summed E-state index contributed by atoms with van der Waals surface area (Å²) < 4.78 is 0. The van der Waals surface area contributed by atoms with Crippen molar-refractivity contribution >= 4 is 16.9 Å². The number of hydrogen-bond donors (Lipinski definition) is 1. The van der Waals surface area contributed by atoms with Crippen molar-refractivity contribution in [1.82, 2.24) is 0 Å². The van der Waals surface area contributed by atoms with E-state index in [0.29, 0.717) is 6.42 Å². The van der Waals surface area contributed by atoms with Crippen LogP contribution in [0.15, 0.2) is 18.2 Å². The van der Waals surface area contributed by atoms with Gasteiger partial charge in [0.1, 0.15) is 5.75 Å². The normalized spacial score (nSPS) is 9.38. The number of carbonyl (C=O) groups is 1. The average molecular weight is 234 g/mol. The lowest BCUT2D eigenvalue weighted by Crippen LogP contribution is -1.84. The molecule has 0 aromatic heterocycles. The van der Waals surface area contributed by atoms with Gasteiger partial charge < -0.3 is 5.11 Å². The molecule has 0 unspecified atom stereocenters. The molecule has 84 valence electrons. The quantitative estimate of drug-likeness (QED) is 0.631. The van der Waals surface area contributed by atoms with Gasteiger partial charge in [-0.15, -0.1) is 0 Å². The number of carbonyl (C=O) groups excluding carboxylic acids is 1. The molecule has 0 heterocycles. The maximum atomic E-state index is 10.6. The van der Waals surface area contributed by atoms with Gasteiger partial charge in [0.15, 0.2) is 5.12 Å². The number of hydrogen-bond acceptors (Lipinski definition) is 3. The Morgan fingerprint density at radius 2 is 2.25 bits per heavy atom. The van der Waals surface area contributed by atoms with Gasteiger partial charge in [-0.2, -0.15) is 0 Å². The van der Waals surface area contributed by atoms with E-state index >= 15 is 0 Å². The van der Waals surface area contributed by atoms with Crippen LogP contribution in [-0.2, 0) is 4.79 Å². The maximum Gasteiger partial charge on any atom is 0.185 e. The second-order valence-electron chi connectivity index (χ2n) is 3.39. The predicted octanol–water partition coefficient (Wildman–Crippen LogP) is 2.72. The van der Waals surface area contributed by atoms with Gasteiger partial charge >= 0.3 is 0 Å². The topological polar surface area (TPSA) is 37.3 Å².